The van der Waals surface area contributed by atoms with E-state index < -0.39 is 0 Å². The molecule has 0 bridgehead atoms. The van der Waals surface area contributed by atoms with E-state index >= 15 is 0 Å². The van der Waals surface area contributed by atoms with Crippen molar-refractivity contribution in [1.82, 2.24) is 19.9 Å². The van der Waals surface area contributed by atoms with Gasteiger partial charge < -0.3 is 9.73 Å². The number of nitrogens with one attached hydrogen (secondary N) is 1. The van der Waals surface area contributed by atoms with Gasteiger partial charge in [-0.3, -0.25) is 9.20 Å². The second-order valence-corrected chi connectivity index (χ2v) is 7.86. The Hall–Kier alpha value is -2.51. The number of aromatic nitrogens is 3. The predicted molar refractivity (Wildman–Crippen MR) is 112 cm³/mol. The number of pyridine rings is 1. The minimum Gasteiger partial charge on any atom is -0.449 e. The van der Waals surface area contributed by atoms with Crippen LogP contribution in [0.5, 0.6) is 0 Å². The van der Waals surface area contributed by atoms with Crippen molar-refractivity contribution in [1.29, 1.82) is 0 Å². The van der Waals surface area contributed by atoms with Gasteiger partial charge in [0.25, 0.3) is 5.91 Å². The number of rotatable bonds is 6. The Bertz CT molecular complexity index is 1150. The normalized spacial score (nSPS) is 12.5. The highest BCUT2D eigenvalue weighted by Crippen LogP contribution is 2.31. The second-order valence-electron chi connectivity index (χ2n) is 6.47. The summed E-state index contributed by atoms with van der Waals surface area (Å²) in [6, 6.07) is 10.9. The number of nitrogens with zero attached hydrogens (tertiary/aromatic N) is 3. The molecule has 6 nitrogen and oxygen atoms in total. The number of furan rings is 1. The highest BCUT2D eigenvalue weighted by Gasteiger charge is 2.25. The number of hydrogen-bond acceptors (Lipinski definition) is 5. The van der Waals surface area contributed by atoms with Gasteiger partial charge in [-0.25, -0.2) is 0 Å². The molecule has 1 aromatic carbocycles. The first-order chi connectivity index (χ1) is 13.6. The largest absolute Gasteiger partial charge is 0.449 e. The highest BCUT2D eigenvalue weighted by atomic mass is 35.5. The molecule has 28 heavy (non-hydrogen) atoms. The van der Waals surface area contributed by atoms with Crippen molar-refractivity contribution in [3.8, 4) is 0 Å². The zero-order valence-electron chi connectivity index (χ0n) is 15.5. The Morgan fingerprint density at radius 2 is 2.14 bits per heavy atom. The molecule has 3 aromatic heterocycles. The van der Waals surface area contributed by atoms with Gasteiger partial charge in [0.2, 0.25) is 0 Å². The van der Waals surface area contributed by atoms with Gasteiger partial charge in [0.05, 0.1) is 11.1 Å². The zero-order chi connectivity index (χ0) is 19.7. The molecule has 1 unspecified atom stereocenters. The van der Waals surface area contributed by atoms with Crippen molar-refractivity contribution in [2.45, 2.75) is 19.4 Å². The van der Waals surface area contributed by atoms with Crippen LogP contribution in [0.1, 0.15) is 34.4 Å². The molecule has 0 fully saturated rings. The Kier molecular flexibility index (Phi) is 5.28. The molecule has 0 saturated heterocycles. The van der Waals surface area contributed by atoms with E-state index in [0.717, 1.165) is 28.8 Å². The molecule has 0 radical (unpaired) electrons. The first kappa shape index (κ1) is 18.8. The minimum absolute atomic E-state index is 0.270. The van der Waals surface area contributed by atoms with Crippen LogP contribution in [0.15, 0.2) is 47.0 Å². The average Bonchev–Trinajstić information content (AvgIpc) is 3.28. The van der Waals surface area contributed by atoms with Gasteiger partial charge >= 0.3 is 0 Å². The van der Waals surface area contributed by atoms with E-state index in [1.807, 2.05) is 54.1 Å². The third-order valence-corrected chi connectivity index (χ3v) is 5.63. The smallest absolute Gasteiger partial charge is 0.287 e. The Labute approximate surface area is 171 Å². The fourth-order valence-electron chi connectivity index (χ4n) is 3.25. The summed E-state index contributed by atoms with van der Waals surface area (Å²) in [7, 11) is 0. The molecule has 3 heterocycles. The maximum Gasteiger partial charge on any atom is 0.287 e. The number of thioether (sulfide) groups is 1. The van der Waals surface area contributed by atoms with Crippen molar-refractivity contribution < 1.29 is 9.21 Å². The number of amides is 1. The Balaban J connectivity index is 1.68. The number of halogens is 1. The summed E-state index contributed by atoms with van der Waals surface area (Å²) in [6.45, 7) is 1.86. The molecule has 4 aromatic rings. The van der Waals surface area contributed by atoms with E-state index in [-0.39, 0.29) is 17.7 Å². The standard InChI is InChI=1S/C20H19ClN4O2S/c1-12-13-6-5-7-14(21)18(13)27-17(12)20(26)22-15(9-11-28-2)19-24-23-16-8-3-4-10-25(16)19/h3-8,10,15H,9,11H2,1-2H3,(H,22,26). The van der Waals surface area contributed by atoms with Crippen molar-refractivity contribution >= 4 is 45.9 Å². The first-order valence-corrected chi connectivity index (χ1v) is 10.6. The van der Waals surface area contributed by atoms with Crippen LogP contribution in [0.25, 0.3) is 16.6 Å². The lowest BCUT2D eigenvalue weighted by Gasteiger charge is -2.16. The van der Waals surface area contributed by atoms with Gasteiger partial charge in [-0.15, -0.1) is 10.2 Å². The Morgan fingerprint density at radius 1 is 1.29 bits per heavy atom. The van der Waals surface area contributed by atoms with Crippen LogP contribution < -0.4 is 5.32 Å². The monoisotopic (exact) mass is 414 g/mol. The number of fused-ring (bicyclic) bond motifs is 2. The molecule has 4 rings (SSSR count). The van der Waals surface area contributed by atoms with E-state index in [4.69, 9.17) is 16.0 Å². The van der Waals surface area contributed by atoms with E-state index in [2.05, 4.69) is 15.5 Å². The maximum absolute atomic E-state index is 13.0. The van der Waals surface area contributed by atoms with E-state index in [0.29, 0.717) is 16.4 Å². The molecule has 144 valence electrons. The van der Waals surface area contributed by atoms with Crippen LogP contribution in [0.2, 0.25) is 5.02 Å². The fourth-order valence-corrected chi connectivity index (χ4v) is 3.93. The Morgan fingerprint density at radius 3 is 2.93 bits per heavy atom. The van der Waals surface area contributed by atoms with Gasteiger partial charge in [-0.1, -0.05) is 29.8 Å². The molecule has 8 heteroatoms. The van der Waals surface area contributed by atoms with Crippen molar-refractivity contribution in [3.05, 3.63) is 64.8 Å². The molecule has 1 amide bonds. The van der Waals surface area contributed by atoms with Crippen LogP contribution >= 0.6 is 23.4 Å². The summed E-state index contributed by atoms with van der Waals surface area (Å²) in [4.78, 5) is 13.0. The van der Waals surface area contributed by atoms with Crippen LogP contribution in [0.3, 0.4) is 0 Å². The first-order valence-electron chi connectivity index (χ1n) is 8.87. The van der Waals surface area contributed by atoms with E-state index in [1.165, 1.54) is 0 Å². The lowest BCUT2D eigenvalue weighted by molar-refractivity contribution is 0.0907. The quantitative estimate of drug-likeness (QED) is 0.496. The van der Waals surface area contributed by atoms with E-state index in [1.54, 1.807) is 17.8 Å². The van der Waals surface area contributed by atoms with Gasteiger partial charge in [0.1, 0.15) is 0 Å². The number of carbonyl (C=O) groups excluding carboxylic acids is 1. The summed E-state index contributed by atoms with van der Waals surface area (Å²) in [5.41, 5.74) is 2.04. The number of hydrogen-bond donors (Lipinski definition) is 1. The van der Waals surface area contributed by atoms with Crippen LogP contribution in [0, 0.1) is 6.92 Å². The molecule has 1 atom stereocenters. The van der Waals surface area contributed by atoms with Crippen molar-refractivity contribution in [2.24, 2.45) is 0 Å². The van der Waals surface area contributed by atoms with E-state index in [9.17, 15) is 4.79 Å². The summed E-state index contributed by atoms with van der Waals surface area (Å²) in [5, 5.41) is 12.9. The van der Waals surface area contributed by atoms with Crippen molar-refractivity contribution in [2.75, 3.05) is 12.0 Å². The number of carbonyl (C=O) groups is 1. The molecule has 0 aliphatic heterocycles. The number of benzene rings is 1. The summed E-state index contributed by atoms with van der Waals surface area (Å²) >= 11 is 7.93. The zero-order valence-corrected chi connectivity index (χ0v) is 17.0. The highest BCUT2D eigenvalue weighted by molar-refractivity contribution is 7.98. The fraction of sp³-hybridized carbons (Fsp3) is 0.250. The second kappa shape index (κ2) is 7.85. The van der Waals surface area contributed by atoms with Gasteiger partial charge in [0.15, 0.2) is 22.8 Å². The molecule has 0 saturated carbocycles. The van der Waals surface area contributed by atoms with Gasteiger partial charge in [0, 0.05) is 17.1 Å². The van der Waals surface area contributed by atoms with Crippen LogP contribution in [-0.4, -0.2) is 32.5 Å². The number of aryl methyl sites for hydroxylation is 1. The van der Waals surface area contributed by atoms with Crippen molar-refractivity contribution in [3.63, 3.8) is 0 Å². The average molecular weight is 415 g/mol. The third-order valence-electron chi connectivity index (χ3n) is 4.69. The third kappa shape index (κ3) is 3.36. The van der Waals surface area contributed by atoms with Gasteiger partial charge in [-0.05, 0) is 43.6 Å². The lowest BCUT2D eigenvalue weighted by Crippen LogP contribution is -2.30. The maximum atomic E-state index is 13.0. The SMILES string of the molecule is CSCCC(NC(=O)c1oc2c(Cl)cccc2c1C)c1nnc2ccccn12. The molecule has 0 aliphatic rings. The topological polar surface area (TPSA) is 72.4 Å². The lowest BCUT2D eigenvalue weighted by atomic mass is 10.1. The summed E-state index contributed by atoms with van der Waals surface area (Å²) in [5.74, 6) is 1.55. The van der Waals surface area contributed by atoms with Crippen LogP contribution in [0.4, 0.5) is 0 Å². The van der Waals surface area contributed by atoms with Gasteiger partial charge in [-0.2, -0.15) is 11.8 Å². The molecule has 0 aliphatic carbocycles. The molecule has 0 spiro atoms. The molecular formula is C20H19ClN4O2S. The molecule has 1 N–H and O–H groups in total. The summed E-state index contributed by atoms with van der Waals surface area (Å²) < 4.78 is 7.71. The minimum atomic E-state index is -0.291. The number of para-hydroxylation sites is 1. The van der Waals surface area contributed by atoms with Crippen LogP contribution in [-0.2, 0) is 0 Å². The predicted octanol–water partition coefficient (Wildman–Crippen LogP) is 4.66. The molecular weight excluding hydrogens is 396 g/mol. The summed E-state index contributed by atoms with van der Waals surface area (Å²) in [6.07, 6.45) is 4.66.